The van der Waals surface area contributed by atoms with E-state index in [9.17, 15) is 24.9 Å². The number of phenols is 1. The number of hydrogen-bond donors (Lipinski definition) is 5. The molecule has 0 bridgehead atoms. The second-order valence-corrected chi connectivity index (χ2v) is 4.66. The summed E-state index contributed by atoms with van der Waals surface area (Å²) in [6.07, 6.45) is -7.16. The van der Waals surface area contributed by atoms with Gasteiger partial charge in [0.15, 0.2) is 12.4 Å². The standard InChI is InChI=1S/C14H18O8/c15-6-10(18)13(20)14(21)11(7-16)22-12(19)5-8-1-3-9(17)4-2-8/h1-4,7,10-11,13-15,17-18,20-21H,5-6H2/t10-,11+,13-,14-/m1/s1. The van der Waals surface area contributed by atoms with Crippen LogP contribution in [0.1, 0.15) is 5.56 Å². The van der Waals surface area contributed by atoms with E-state index in [4.69, 9.17) is 14.9 Å². The van der Waals surface area contributed by atoms with Crippen molar-refractivity contribution in [1.82, 2.24) is 0 Å². The van der Waals surface area contributed by atoms with Crippen LogP contribution in [0, 0.1) is 0 Å². The van der Waals surface area contributed by atoms with Gasteiger partial charge in [-0.1, -0.05) is 12.1 Å². The van der Waals surface area contributed by atoms with Crippen LogP contribution in [-0.2, 0) is 20.7 Å². The zero-order valence-electron chi connectivity index (χ0n) is 11.6. The van der Waals surface area contributed by atoms with Crippen LogP contribution in [-0.4, -0.2) is 68.8 Å². The molecule has 0 radical (unpaired) electrons. The van der Waals surface area contributed by atoms with Crippen molar-refractivity contribution in [3.63, 3.8) is 0 Å². The SMILES string of the molecule is O=C[C@H](OC(=O)Cc1ccc(O)cc1)[C@@H](O)[C@H](O)[C@H](O)CO. The van der Waals surface area contributed by atoms with Crippen molar-refractivity contribution < 1.29 is 39.9 Å². The van der Waals surface area contributed by atoms with Crippen LogP contribution in [0.4, 0.5) is 0 Å². The molecule has 0 fully saturated rings. The Balaban J connectivity index is 2.63. The van der Waals surface area contributed by atoms with E-state index in [1.54, 1.807) is 0 Å². The lowest BCUT2D eigenvalue weighted by molar-refractivity contribution is -0.167. The van der Waals surface area contributed by atoms with Gasteiger partial charge in [0, 0.05) is 0 Å². The maximum Gasteiger partial charge on any atom is 0.311 e. The molecule has 0 aliphatic carbocycles. The Morgan fingerprint density at radius 1 is 1.14 bits per heavy atom. The van der Waals surface area contributed by atoms with Gasteiger partial charge in [-0.3, -0.25) is 9.59 Å². The van der Waals surface area contributed by atoms with Gasteiger partial charge in [0.25, 0.3) is 0 Å². The number of carbonyl (C=O) groups is 2. The van der Waals surface area contributed by atoms with Gasteiger partial charge in [0.2, 0.25) is 0 Å². The Labute approximate surface area is 126 Å². The third-order valence-corrected chi connectivity index (χ3v) is 2.95. The number of esters is 1. The number of benzene rings is 1. The number of phenolic OH excluding ortho intramolecular Hbond substituents is 1. The van der Waals surface area contributed by atoms with Gasteiger partial charge in [-0.2, -0.15) is 0 Å². The van der Waals surface area contributed by atoms with E-state index in [-0.39, 0.29) is 18.5 Å². The van der Waals surface area contributed by atoms with E-state index in [1.807, 2.05) is 0 Å². The quantitative estimate of drug-likeness (QED) is 0.277. The molecule has 8 heteroatoms. The molecule has 0 spiro atoms. The molecule has 0 amide bonds. The first-order valence-corrected chi connectivity index (χ1v) is 6.46. The summed E-state index contributed by atoms with van der Waals surface area (Å²) in [5.74, 6) is -0.813. The molecular weight excluding hydrogens is 296 g/mol. The molecule has 0 saturated carbocycles. The predicted molar refractivity (Wildman–Crippen MR) is 72.9 cm³/mol. The molecule has 0 aliphatic rings. The average molecular weight is 314 g/mol. The Kier molecular flexibility index (Phi) is 6.93. The molecule has 0 heterocycles. The van der Waals surface area contributed by atoms with E-state index in [0.717, 1.165) is 0 Å². The highest BCUT2D eigenvalue weighted by atomic mass is 16.6. The van der Waals surface area contributed by atoms with Crippen molar-refractivity contribution in [2.24, 2.45) is 0 Å². The van der Waals surface area contributed by atoms with Crippen LogP contribution in [0.2, 0.25) is 0 Å². The average Bonchev–Trinajstić information content (AvgIpc) is 2.52. The number of carbonyl (C=O) groups excluding carboxylic acids is 2. The minimum atomic E-state index is -1.87. The summed E-state index contributed by atoms with van der Waals surface area (Å²) in [5, 5.41) is 46.1. The molecule has 1 aromatic carbocycles. The number of aliphatic hydroxyl groups is 4. The fraction of sp³-hybridized carbons (Fsp3) is 0.429. The molecule has 1 aromatic rings. The fourth-order valence-electron chi connectivity index (χ4n) is 1.68. The van der Waals surface area contributed by atoms with Crippen LogP contribution in [0.3, 0.4) is 0 Å². The summed E-state index contributed by atoms with van der Waals surface area (Å²) >= 11 is 0. The maximum atomic E-state index is 11.7. The molecule has 122 valence electrons. The molecule has 8 nitrogen and oxygen atoms in total. The molecule has 0 aromatic heterocycles. The Morgan fingerprint density at radius 3 is 2.23 bits per heavy atom. The van der Waals surface area contributed by atoms with Crippen molar-refractivity contribution in [3.05, 3.63) is 29.8 Å². The molecule has 22 heavy (non-hydrogen) atoms. The van der Waals surface area contributed by atoms with Gasteiger partial charge in [0.1, 0.15) is 24.1 Å². The topological polar surface area (TPSA) is 145 Å². The first kappa shape index (κ1) is 18.1. The minimum absolute atomic E-state index is 0.0272. The van der Waals surface area contributed by atoms with Gasteiger partial charge in [-0.25, -0.2) is 0 Å². The number of aldehydes is 1. The van der Waals surface area contributed by atoms with Crippen molar-refractivity contribution >= 4 is 12.3 Å². The number of ether oxygens (including phenoxy) is 1. The highest BCUT2D eigenvalue weighted by Crippen LogP contribution is 2.12. The fourth-order valence-corrected chi connectivity index (χ4v) is 1.68. The van der Waals surface area contributed by atoms with Crippen LogP contribution < -0.4 is 0 Å². The highest BCUT2D eigenvalue weighted by Gasteiger charge is 2.33. The Morgan fingerprint density at radius 2 is 1.73 bits per heavy atom. The zero-order valence-corrected chi connectivity index (χ0v) is 11.6. The van der Waals surface area contributed by atoms with Crippen LogP contribution in [0.15, 0.2) is 24.3 Å². The maximum absolute atomic E-state index is 11.7. The first-order chi connectivity index (χ1) is 10.4. The normalized spacial score (nSPS) is 16.4. The number of rotatable bonds is 8. The van der Waals surface area contributed by atoms with Crippen LogP contribution in [0.25, 0.3) is 0 Å². The van der Waals surface area contributed by atoms with Crippen molar-refractivity contribution in [3.8, 4) is 5.75 Å². The summed E-state index contributed by atoms with van der Waals surface area (Å²) in [6, 6.07) is 5.70. The largest absolute Gasteiger partial charge is 0.508 e. The van der Waals surface area contributed by atoms with E-state index in [0.29, 0.717) is 5.56 Å². The smallest absolute Gasteiger partial charge is 0.311 e. The third-order valence-electron chi connectivity index (χ3n) is 2.95. The number of aromatic hydroxyl groups is 1. The van der Waals surface area contributed by atoms with Gasteiger partial charge in [-0.15, -0.1) is 0 Å². The number of hydrogen-bond acceptors (Lipinski definition) is 8. The van der Waals surface area contributed by atoms with Crippen molar-refractivity contribution in [1.29, 1.82) is 0 Å². The summed E-state index contributed by atoms with van der Waals surface area (Å²) in [7, 11) is 0. The lowest BCUT2D eigenvalue weighted by Gasteiger charge is -2.25. The molecule has 4 atom stereocenters. The van der Waals surface area contributed by atoms with Gasteiger partial charge in [0.05, 0.1) is 13.0 Å². The van der Waals surface area contributed by atoms with Crippen molar-refractivity contribution in [2.45, 2.75) is 30.8 Å². The lowest BCUT2D eigenvalue weighted by atomic mass is 10.0. The first-order valence-electron chi connectivity index (χ1n) is 6.46. The highest BCUT2D eigenvalue weighted by molar-refractivity contribution is 5.75. The molecule has 0 saturated heterocycles. The summed E-state index contributed by atoms with van der Waals surface area (Å²) < 4.78 is 4.74. The van der Waals surface area contributed by atoms with E-state index >= 15 is 0 Å². The molecule has 5 N–H and O–H groups in total. The molecule has 1 rings (SSSR count). The summed E-state index contributed by atoms with van der Waals surface area (Å²) in [5.41, 5.74) is 0.512. The Bertz CT molecular complexity index is 486. The van der Waals surface area contributed by atoms with Crippen LogP contribution in [0.5, 0.6) is 5.75 Å². The second kappa shape index (κ2) is 8.44. The van der Waals surface area contributed by atoms with E-state index < -0.39 is 37.0 Å². The summed E-state index contributed by atoms with van der Waals surface area (Å²) in [4.78, 5) is 22.6. The van der Waals surface area contributed by atoms with E-state index in [1.165, 1.54) is 24.3 Å². The van der Waals surface area contributed by atoms with E-state index in [2.05, 4.69) is 0 Å². The molecular formula is C14H18O8. The zero-order chi connectivity index (χ0) is 16.7. The summed E-state index contributed by atoms with van der Waals surface area (Å²) in [6.45, 7) is -0.828. The van der Waals surface area contributed by atoms with Crippen LogP contribution >= 0.6 is 0 Å². The molecule has 0 unspecified atom stereocenters. The van der Waals surface area contributed by atoms with Gasteiger partial charge >= 0.3 is 5.97 Å². The number of aliphatic hydroxyl groups excluding tert-OH is 4. The van der Waals surface area contributed by atoms with Gasteiger partial charge < -0.3 is 30.3 Å². The second-order valence-electron chi connectivity index (χ2n) is 4.66. The minimum Gasteiger partial charge on any atom is -0.508 e. The van der Waals surface area contributed by atoms with Gasteiger partial charge in [-0.05, 0) is 17.7 Å². The predicted octanol–water partition coefficient (Wildman–Crippen LogP) is -1.88. The Hall–Kier alpha value is -2.00. The molecule has 0 aliphatic heterocycles. The third kappa shape index (κ3) is 5.08. The lowest BCUT2D eigenvalue weighted by Crippen LogP contribution is -2.48. The monoisotopic (exact) mass is 314 g/mol. The van der Waals surface area contributed by atoms with Crippen molar-refractivity contribution in [2.75, 3.05) is 6.61 Å².